The number of sulfonamides is 1. The summed E-state index contributed by atoms with van der Waals surface area (Å²) in [5.74, 6) is 0. The summed E-state index contributed by atoms with van der Waals surface area (Å²) in [6.07, 6.45) is 1.58. The number of hydrogen-bond acceptors (Lipinski definition) is 3. The molecule has 1 fully saturated rings. The zero-order chi connectivity index (χ0) is 14.0. The molecule has 0 aromatic heterocycles. The molecule has 7 heteroatoms. The SMILES string of the molecule is CN(C1CCNCC1)S(=O)(=O)c1c(Cl)cccc1Cl. The van der Waals surface area contributed by atoms with Crippen molar-refractivity contribution in [3.63, 3.8) is 0 Å². The molecule has 4 nitrogen and oxygen atoms in total. The second kappa shape index (κ2) is 5.97. The van der Waals surface area contributed by atoms with Crippen molar-refractivity contribution in [3.05, 3.63) is 28.2 Å². The Hall–Kier alpha value is -0.330. The Morgan fingerprint density at radius 3 is 2.26 bits per heavy atom. The van der Waals surface area contributed by atoms with Gasteiger partial charge >= 0.3 is 0 Å². The summed E-state index contributed by atoms with van der Waals surface area (Å²) < 4.78 is 26.6. The fourth-order valence-corrected chi connectivity index (χ4v) is 4.74. The molecule has 19 heavy (non-hydrogen) atoms. The molecule has 0 aliphatic carbocycles. The van der Waals surface area contributed by atoms with Crippen molar-refractivity contribution in [1.82, 2.24) is 9.62 Å². The van der Waals surface area contributed by atoms with Gasteiger partial charge in [-0.05, 0) is 38.1 Å². The summed E-state index contributed by atoms with van der Waals surface area (Å²) in [5, 5.41) is 3.53. The van der Waals surface area contributed by atoms with E-state index in [4.69, 9.17) is 23.2 Å². The molecule has 1 aliphatic rings. The first-order chi connectivity index (χ1) is 8.94. The van der Waals surface area contributed by atoms with Crippen LogP contribution in [0.1, 0.15) is 12.8 Å². The molecule has 0 amide bonds. The summed E-state index contributed by atoms with van der Waals surface area (Å²) >= 11 is 12.0. The van der Waals surface area contributed by atoms with E-state index in [2.05, 4.69) is 5.32 Å². The van der Waals surface area contributed by atoms with Gasteiger partial charge in [0.2, 0.25) is 10.0 Å². The Balaban J connectivity index is 2.36. The zero-order valence-corrected chi connectivity index (χ0v) is 12.9. The third-order valence-electron chi connectivity index (χ3n) is 3.38. The van der Waals surface area contributed by atoms with Crippen LogP contribution in [0.2, 0.25) is 10.0 Å². The van der Waals surface area contributed by atoms with Gasteiger partial charge in [-0.15, -0.1) is 0 Å². The maximum Gasteiger partial charge on any atom is 0.246 e. The maximum atomic E-state index is 12.6. The molecule has 1 heterocycles. The van der Waals surface area contributed by atoms with Crippen LogP contribution >= 0.6 is 23.2 Å². The second-order valence-electron chi connectivity index (χ2n) is 4.55. The van der Waals surface area contributed by atoms with Crippen LogP contribution in [0, 0.1) is 0 Å². The van der Waals surface area contributed by atoms with Crippen molar-refractivity contribution in [3.8, 4) is 0 Å². The molecule has 0 bridgehead atoms. The molecule has 0 spiro atoms. The third-order valence-corrected chi connectivity index (χ3v) is 6.25. The quantitative estimate of drug-likeness (QED) is 0.929. The first-order valence-corrected chi connectivity index (χ1v) is 8.27. The minimum atomic E-state index is -3.66. The summed E-state index contributed by atoms with van der Waals surface area (Å²) in [4.78, 5) is -0.000587. The maximum absolute atomic E-state index is 12.6. The molecule has 0 unspecified atom stereocenters. The van der Waals surface area contributed by atoms with Gasteiger partial charge < -0.3 is 5.32 Å². The van der Waals surface area contributed by atoms with E-state index in [9.17, 15) is 8.42 Å². The molecule has 0 saturated carbocycles. The molecule has 1 N–H and O–H groups in total. The average molecular weight is 323 g/mol. The first kappa shape index (κ1) is 15.1. The average Bonchev–Trinajstić information content (AvgIpc) is 2.38. The number of nitrogens with zero attached hydrogens (tertiary/aromatic N) is 1. The Kier molecular flexibility index (Phi) is 4.74. The first-order valence-electron chi connectivity index (χ1n) is 6.07. The van der Waals surface area contributed by atoms with E-state index in [1.54, 1.807) is 13.1 Å². The van der Waals surface area contributed by atoms with Crippen molar-refractivity contribution in [2.45, 2.75) is 23.8 Å². The number of hydrogen-bond donors (Lipinski definition) is 1. The molecule has 0 atom stereocenters. The largest absolute Gasteiger partial charge is 0.317 e. The molecular weight excluding hydrogens is 307 g/mol. The Morgan fingerprint density at radius 1 is 1.21 bits per heavy atom. The second-order valence-corrected chi connectivity index (χ2v) is 7.30. The van der Waals surface area contributed by atoms with Crippen molar-refractivity contribution in [1.29, 1.82) is 0 Å². The number of rotatable bonds is 3. The molecule has 2 rings (SSSR count). The highest BCUT2D eigenvalue weighted by atomic mass is 35.5. The topological polar surface area (TPSA) is 49.4 Å². The summed E-state index contributed by atoms with van der Waals surface area (Å²) in [5.41, 5.74) is 0. The predicted octanol–water partition coefficient (Wildman–Crippen LogP) is 2.37. The fraction of sp³-hybridized carbons (Fsp3) is 0.500. The molecule has 1 saturated heterocycles. The Morgan fingerprint density at radius 2 is 1.74 bits per heavy atom. The Labute approximate surface area is 123 Å². The van der Waals surface area contributed by atoms with Crippen molar-refractivity contribution >= 4 is 33.2 Å². The zero-order valence-electron chi connectivity index (χ0n) is 10.6. The monoisotopic (exact) mass is 322 g/mol. The molecule has 1 aromatic carbocycles. The van der Waals surface area contributed by atoms with E-state index in [0.717, 1.165) is 25.9 Å². The van der Waals surface area contributed by atoms with Crippen LogP contribution < -0.4 is 5.32 Å². The van der Waals surface area contributed by atoms with Crippen LogP contribution in [-0.2, 0) is 10.0 Å². The van der Waals surface area contributed by atoms with Gasteiger partial charge in [-0.2, -0.15) is 4.31 Å². The third kappa shape index (κ3) is 3.06. The van der Waals surface area contributed by atoms with Crippen molar-refractivity contribution < 1.29 is 8.42 Å². The summed E-state index contributed by atoms with van der Waals surface area (Å²) in [7, 11) is -2.07. The predicted molar refractivity (Wildman–Crippen MR) is 77.3 cm³/mol. The lowest BCUT2D eigenvalue weighted by Gasteiger charge is -2.31. The lowest BCUT2D eigenvalue weighted by atomic mass is 10.1. The number of halogens is 2. The van der Waals surface area contributed by atoms with Gasteiger partial charge in [0.15, 0.2) is 0 Å². The smallest absolute Gasteiger partial charge is 0.246 e. The van der Waals surface area contributed by atoms with Crippen LogP contribution in [0.3, 0.4) is 0 Å². The van der Waals surface area contributed by atoms with Crippen molar-refractivity contribution in [2.75, 3.05) is 20.1 Å². The number of benzene rings is 1. The minimum Gasteiger partial charge on any atom is -0.317 e. The van der Waals surface area contributed by atoms with Gasteiger partial charge in [0.25, 0.3) is 0 Å². The van der Waals surface area contributed by atoms with Gasteiger partial charge in [0.05, 0.1) is 10.0 Å². The summed E-state index contributed by atoms with van der Waals surface area (Å²) in [6, 6.07) is 4.69. The lowest BCUT2D eigenvalue weighted by Crippen LogP contribution is -2.44. The van der Waals surface area contributed by atoms with E-state index in [0.29, 0.717) is 0 Å². The number of nitrogens with one attached hydrogen (secondary N) is 1. The van der Waals surface area contributed by atoms with E-state index in [-0.39, 0.29) is 21.0 Å². The highest BCUT2D eigenvalue weighted by molar-refractivity contribution is 7.89. The summed E-state index contributed by atoms with van der Waals surface area (Å²) in [6.45, 7) is 1.64. The van der Waals surface area contributed by atoms with Crippen LogP contribution in [0.5, 0.6) is 0 Å². The molecule has 0 radical (unpaired) electrons. The van der Waals surface area contributed by atoms with Crippen LogP contribution in [0.25, 0.3) is 0 Å². The standard InChI is InChI=1S/C12H16Cl2N2O2S/c1-16(9-5-7-15-8-6-9)19(17,18)12-10(13)3-2-4-11(12)14/h2-4,9,15H,5-8H2,1H3. The van der Waals surface area contributed by atoms with E-state index < -0.39 is 10.0 Å². The van der Waals surface area contributed by atoms with Gasteiger partial charge in [-0.1, -0.05) is 29.3 Å². The normalized spacial score (nSPS) is 17.9. The highest BCUT2D eigenvalue weighted by Crippen LogP contribution is 2.32. The van der Waals surface area contributed by atoms with Crippen molar-refractivity contribution in [2.24, 2.45) is 0 Å². The van der Waals surface area contributed by atoms with E-state index in [1.807, 2.05) is 0 Å². The van der Waals surface area contributed by atoms with Crippen LogP contribution in [0.15, 0.2) is 23.1 Å². The Bertz CT molecular complexity index is 537. The molecular formula is C12H16Cl2N2O2S. The highest BCUT2D eigenvalue weighted by Gasteiger charge is 2.32. The van der Waals surface area contributed by atoms with Gasteiger partial charge in [-0.3, -0.25) is 0 Å². The number of piperidine rings is 1. The minimum absolute atomic E-state index is 0.000587. The van der Waals surface area contributed by atoms with E-state index in [1.165, 1.54) is 16.4 Å². The van der Waals surface area contributed by atoms with Crippen LogP contribution in [-0.4, -0.2) is 38.9 Å². The van der Waals surface area contributed by atoms with Gasteiger partial charge in [0, 0.05) is 13.1 Å². The van der Waals surface area contributed by atoms with Gasteiger partial charge in [0.1, 0.15) is 4.90 Å². The molecule has 1 aliphatic heterocycles. The lowest BCUT2D eigenvalue weighted by molar-refractivity contribution is 0.296. The molecule has 1 aromatic rings. The fourth-order valence-electron chi connectivity index (χ4n) is 2.24. The molecule has 106 valence electrons. The van der Waals surface area contributed by atoms with Gasteiger partial charge in [-0.25, -0.2) is 8.42 Å². The van der Waals surface area contributed by atoms with E-state index >= 15 is 0 Å². The van der Waals surface area contributed by atoms with Crippen LogP contribution in [0.4, 0.5) is 0 Å².